The second-order valence-electron chi connectivity index (χ2n) is 4.71. The maximum atomic E-state index is 10.4. The van der Waals surface area contributed by atoms with Crippen LogP contribution in [0.1, 0.15) is 11.4 Å². The average molecular weight is 267 g/mol. The van der Waals surface area contributed by atoms with E-state index in [1.54, 1.807) is 0 Å². The summed E-state index contributed by atoms with van der Waals surface area (Å²) in [6.45, 7) is 8.93. The van der Waals surface area contributed by atoms with Gasteiger partial charge in [0.15, 0.2) is 0 Å². The number of amides is 1. The Labute approximate surface area is 112 Å². The van der Waals surface area contributed by atoms with Gasteiger partial charge in [-0.15, -0.1) is 0 Å². The molecule has 0 saturated carbocycles. The smallest absolute Gasteiger partial charge is 0.404 e. The molecule has 106 valence electrons. The molecule has 1 aromatic rings. The van der Waals surface area contributed by atoms with Crippen molar-refractivity contribution in [3.05, 3.63) is 11.4 Å². The molecule has 2 heterocycles. The number of carboxylic acid groups (broad SMARTS) is 1. The number of aromatic nitrogens is 2. The highest BCUT2D eigenvalue weighted by Crippen LogP contribution is 2.24. The van der Waals surface area contributed by atoms with Crippen LogP contribution in [-0.4, -0.2) is 53.7 Å². The van der Waals surface area contributed by atoms with E-state index in [1.807, 2.05) is 18.5 Å². The van der Waals surface area contributed by atoms with Crippen LogP contribution < -0.4 is 15.5 Å². The van der Waals surface area contributed by atoms with Gasteiger partial charge in [0.1, 0.15) is 0 Å². The van der Waals surface area contributed by atoms with Crippen LogP contribution in [0.25, 0.3) is 0 Å². The molecule has 0 spiro atoms. The molecule has 0 atom stereocenters. The summed E-state index contributed by atoms with van der Waals surface area (Å²) in [4.78, 5) is 12.8. The maximum absolute atomic E-state index is 10.4. The number of rotatable bonds is 4. The minimum Gasteiger partial charge on any atom is -0.465 e. The van der Waals surface area contributed by atoms with Gasteiger partial charge in [0.05, 0.1) is 23.6 Å². The first-order valence-corrected chi connectivity index (χ1v) is 6.56. The highest BCUT2D eigenvalue weighted by atomic mass is 16.4. The number of aryl methyl sites for hydroxylation is 1. The van der Waals surface area contributed by atoms with Gasteiger partial charge in [-0.05, 0) is 13.8 Å². The summed E-state index contributed by atoms with van der Waals surface area (Å²) in [7, 11) is 0. The zero-order chi connectivity index (χ0) is 13.8. The van der Waals surface area contributed by atoms with Crippen molar-refractivity contribution in [2.45, 2.75) is 20.4 Å². The van der Waals surface area contributed by atoms with Gasteiger partial charge in [0.2, 0.25) is 0 Å². The molecular weight excluding hydrogens is 246 g/mol. The Morgan fingerprint density at radius 3 is 2.74 bits per heavy atom. The molecule has 3 N–H and O–H groups in total. The normalized spacial score (nSPS) is 15.6. The molecule has 1 saturated heterocycles. The van der Waals surface area contributed by atoms with E-state index in [9.17, 15) is 4.79 Å². The summed E-state index contributed by atoms with van der Waals surface area (Å²) in [6, 6.07) is 0. The Kier molecular flexibility index (Phi) is 4.26. The molecule has 0 aromatic carbocycles. The lowest BCUT2D eigenvalue weighted by Gasteiger charge is -2.29. The molecule has 0 unspecified atom stereocenters. The summed E-state index contributed by atoms with van der Waals surface area (Å²) in [5.74, 6) is 0. The van der Waals surface area contributed by atoms with Crippen molar-refractivity contribution in [3.8, 4) is 0 Å². The minimum atomic E-state index is -0.996. The van der Waals surface area contributed by atoms with Crippen LogP contribution in [0.2, 0.25) is 0 Å². The molecule has 0 aliphatic carbocycles. The van der Waals surface area contributed by atoms with E-state index in [4.69, 9.17) is 5.11 Å². The Balaban J connectivity index is 2.07. The Bertz CT molecular complexity index is 451. The van der Waals surface area contributed by atoms with E-state index in [2.05, 4.69) is 20.6 Å². The third-order valence-electron chi connectivity index (χ3n) is 3.38. The van der Waals surface area contributed by atoms with E-state index in [1.165, 1.54) is 5.69 Å². The molecule has 1 aliphatic heterocycles. The number of hydrogen-bond acceptors (Lipinski definition) is 4. The number of anilines is 1. The third-order valence-corrected chi connectivity index (χ3v) is 3.38. The zero-order valence-corrected chi connectivity index (χ0v) is 11.4. The summed E-state index contributed by atoms with van der Waals surface area (Å²) in [6.07, 6.45) is -0.996. The second kappa shape index (κ2) is 5.92. The molecule has 1 aliphatic rings. The van der Waals surface area contributed by atoms with E-state index in [0.29, 0.717) is 13.1 Å². The zero-order valence-electron chi connectivity index (χ0n) is 11.4. The number of hydrogen-bond donors (Lipinski definition) is 3. The molecule has 1 fully saturated rings. The quantitative estimate of drug-likeness (QED) is 0.725. The van der Waals surface area contributed by atoms with Crippen LogP contribution in [0, 0.1) is 13.8 Å². The number of carbonyl (C=O) groups is 1. The Hall–Kier alpha value is -1.76. The first-order chi connectivity index (χ1) is 9.09. The minimum absolute atomic E-state index is 0.373. The molecule has 7 nitrogen and oxygen atoms in total. The van der Waals surface area contributed by atoms with Crippen molar-refractivity contribution in [2.24, 2.45) is 0 Å². The lowest BCUT2D eigenvalue weighted by Crippen LogP contribution is -2.44. The second-order valence-corrected chi connectivity index (χ2v) is 4.71. The van der Waals surface area contributed by atoms with Gasteiger partial charge >= 0.3 is 6.09 Å². The van der Waals surface area contributed by atoms with Gasteiger partial charge in [-0.2, -0.15) is 5.10 Å². The SMILES string of the molecule is Cc1nn(CCNC(=O)O)c(C)c1N1CCNCC1. The lowest BCUT2D eigenvalue weighted by atomic mass is 10.2. The summed E-state index contributed by atoms with van der Waals surface area (Å²) >= 11 is 0. The van der Waals surface area contributed by atoms with Gasteiger partial charge < -0.3 is 20.6 Å². The fourth-order valence-electron chi connectivity index (χ4n) is 2.52. The van der Waals surface area contributed by atoms with Gasteiger partial charge in [-0.1, -0.05) is 0 Å². The predicted molar refractivity (Wildman–Crippen MR) is 72.8 cm³/mol. The summed E-state index contributed by atoms with van der Waals surface area (Å²) in [5, 5.41) is 18.8. The molecular formula is C12H21N5O2. The standard InChI is InChI=1S/C12H21N5O2/c1-9-11(16-6-3-13-4-7-16)10(2)17(15-9)8-5-14-12(18)19/h13-14H,3-8H2,1-2H3,(H,18,19). The molecule has 7 heteroatoms. The van der Waals surface area contributed by atoms with Gasteiger partial charge in [0, 0.05) is 32.7 Å². The van der Waals surface area contributed by atoms with Crippen LogP contribution in [0.4, 0.5) is 10.5 Å². The van der Waals surface area contributed by atoms with Gasteiger partial charge in [-0.25, -0.2) is 4.79 Å². The number of nitrogens with zero attached hydrogens (tertiary/aromatic N) is 3. The van der Waals surface area contributed by atoms with E-state index in [-0.39, 0.29) is 0 Å². The summed E-state index contributed by atoms with van der Waals surface area (Å²) in [5.41, 5.74) is 3.30. The van der Waals surface area contributed by atoms with Crippen molar-refractivity contribution in [2.75, 3.05) is 37.6 Å². The van der Waals surface area contributed by atoms with E-state index >= 15 is 0 Å². The molecule has 0 radical (unpaired) electrons. The molecule has 1 aromatic heterocycles. The Morgan fingerprint density at radius 2 is 2.11 bits per heavy atom. The van der Waals surface area contributed by atoms with Crippen molar-refractivity contribution < 1.29 is 9.90 Å². The van der Waals surface area contributed by atoms with Gasteiger partial charge in [0.25, 0.3) is 0 Å². The fraction of sp³-hybridized carbons (Fsp3) is 0.667. The van der Waals surface area contributed by atoms with Crippen LogP contribution in [0.5, 0.6) is 0 Å². The molecule has 0 bridgehead atoms. The largest absolute Gasteiger partial charge is 0.465 e. The Morgan fingerprint density at radius 1 is 1.42 bits per heavy atom. The van der Waals surface area contributed by atoms with E-state index < -0.39 is 6.09 Å². The van der Waals surface area contributed by atoms with E-state index in [0.717, 1.165) is 37.6 Å². The summed E-state index contributed by atoms with van der Waals surface area (Å²) < 4.78 is 1.88. The van der Waals surface area contributed by atoms with Crippen LogP contribution in [-0.2, 0) is 6.54 Å². The van der Waals surface area contributed by atoms with Crippen LogP contribution in [0.3, 0.4) is 0 Å². The van der Waals surface area contributed by atoms with Crippen molar-refractivity contribution in [3.63, 3.8) is 0 Å². The van der Waals surface area contributed by atoms with Crippen molar-refractivity contribution in [1.82, 2.24) is 20.4 Å². The van der Waals surface area contributed by atoms with Crippen molar-refractivity contribution in [1.29, 1.82) is 0 Å². The number of nitrogens with one attached hydrogen (secondary N) is 2. The van der Waals surface area contributed by atoms with Gasteiger partial charge in [-0.3, -0.25) is 4.68 Å². The highest BCUT2D eigenvalue weighted by Gasteiger charge is 2.19. The molecule has 1 amide bonds. The molecule has 2 rings (SSSR count). The average Bonchev–Trinajstić information content (AvgIpc) is 2.65. The lowest BCUT2D eigenvalue weighted by molar-refractivity contribution is 0.194. The molecule has 19 heavy (non-hydrogen) atoms. The maximum Gasteiger partial charge on any atom is 0.404 e. The third kappa shape index (κ3) is 3.17. The predicted octanol–water partition coefficient (Wildman–Crippen LogP) is 0.177. The first-order valence-electron chi connectivity index (χ1n) is 6.56. The van der Waals surface area contributed by atoms with Crippen molar-refractivity contribution >= 4 is 11.8 Å². The first kappa shape index (κ1) is 13.7. The number of piperazine rings is 1. The highest BCUT2D eigenvalue weighted by molar-refractivity contribution is 5.64. The van der Waals surface area contributed by atoms with Crippen LogP contribution in [0.15, 0.2) is 0 Å². The topological polar surface area (TPSA) is 82.4 Å². The monoisotopic (exact) mass is 267 g/mol. The fourth-order valence-corrected chi connectivity index (χ4v) is 2.52. The van der Waals surface area contributed by atoms with Crippen LogP contribution >= 0.6 is 0 Å².